The summed E-state index contributed by atoms with van der Waals surface area (Å²) in [5, 5.41) is 13.2. The second kappa shape index (κ2) is 10.5. The van der Waals surface area contributed by atoms with E-state index in [1.54, 1.807) is 18.2 Å². The van der Waals surface area contributed by atoms with Gasteiger partial charge in [-0.25, -0.2) is 0 Å². The molecule has 2 aliphatic carbocycles. The molecule has 1 aromatic carbocycles. The molecular weight excluding hydrogens is 458 g/mol. The summed E-state index contributed by atoms with van der Waals surface area (Å²) in [5.74, 6) is 0.263. The molecule has 2 aromatic rings. The highest BCUT2D eigenvalue weighted by molar-refractivity contribution is 6.34. The van der Waals surface area contributed by atoms with Gasteiger partial charge in [-0.2, -0.15) is 4.98 Å². The van der Waals surface area contributed by atoms with Crippen LogP contribution in [0, 0.1) is 0 Å². The number of aromatic nitrogens is 2. The van der Waals surface area contributed by atoms with E-state index in [2.05, 4.69) is 26.1 Å². The Kier molecular flexibility index (Phi) is 7.50. The summed E-state index contributed by atoms with van der Waals surface area (Å²) in [4.78, 5) is 41.0. The number of halogens is 1. The van der Waals surface area contributed by atoms with Gasteiger partial charge in [0.15, 0.2) is 5.82 Å². The number of carbonyl (C=O) groups is 3. The van der Waals surface area contributed by atoms with Crippen LogP contribution >= 0.6 is 11.6 Å². The predicted octanol–water partition coefficient (Wildman–Crippen LogP) is 3.87. The molecule has 34 heavy (non-hydrogen) atoms. The largest absolute Gasteiger partial charge is 0.349 e. The molecule has 0 aliphatic heterocycles. The smallest absolute Gasteiger partial charge is 0.253 e. The Labute approximate surface area is 203 Å². The van der Waals surface area contributed by atoms with Gasteiger partial charge in [-0.1, -0.05) is 42.4 Å². The molecule has 2 saturated carbocycles. The van der Waals surface area contributed by atoms with E-state index in [1.807, 2.05) is 0 Å². The van der Waals surface area contributed by atoms with E-state index in [4.69, 9.17) is 16.1 Å². The molecule has 0 radical (unpaired) electrons. The molecule has 0 spiro atoms. The van der Waals surface area contributed by atoms with Crippen LogP contribution < -0.4 is 16.0 Å². The van der Waals surface area contributed by atoms with Crippen LogP contribution in [0.15, 0.2) is 22.7 Å². The molecule has 2 fully saturated rings. The lowest BCUT2D eigenvalue weighted by molar-refractivity contribution is -0.121. The average Bonchev–Trinajstić information content (AvgIpc) is 3.52. The lowest BCUT2D eigenvalue weighted by Crippen LogP contribution is -2.45. The number of anilines is 1. The third-order valence-electron chi connectivity index (χ3n) is 6.24. The van der Waals surface area contributed by atoms with Crippen molar-refractivity contribution in [1.29, 1.82) is 0 Å². The Balaban J connectivity index is 1.34. The number of rotatable bonds is 8. The molecule has 3 amide bonds. The van der Waals surface area contributed by atoms with Crippen LogP contribution in [0.5, 0.6) is 0 Å². The zero-order valence-corrected chi connectivity index (χ0v) is 20.0. The van der Waals surface area contributed by atoms with Crippen molar-refractivity contribution in [3.8, 4) is 0 Å². The average molecular weight is 488 g/mol. The molecule has 4 rings (SSSR count). The minimum Gasteiger partial charge on any atom is -0.349 e. The fraction of sp³-hybridized carbons (Fsp3) is 0.542. The van der Waals surface area contributed by atoms with Gasteiger partial charge in [0.1, 0.15) is 5.54 Å². The van der Waals surface area contributed by atoms with Crippen molar-refractivity contribution in [3.05, 3.63) is 40.5 Å². The van der Waals surface area contributed by atoms with E-state index in [0.29, 0.717) is 23.0 Å². The highest BCUT2D eigenvalue weighted by atomic mass is 35.5. The zero-order chi connectivity index (χ0) is 24.1. The van der Waals surface area contributed by atoms with Crippen LogP contribution in [0.25, 0.3) is 0 Å². The maximum absolute atomic E-state index is 12.5. The molecule has 1 heterocycles. The molecule has 1 aromatic heterocycles. The van der Waals surface area contributed by atoms with E-state index < -0.39 is 5.54 Å². The van der Waals surface area contributed by atoms with Crippen molar-refractivity contribution in [3.63, 3.8) is 0 Å². The number of nitrogens with one attached hydrogen (secondary N) is 3. The van der Waals surface area contributed by atoms with Crippen LogP contribution in [0.4, 0.5) is 5.69 Å². The van der Waals surface area contributed by atoms with Gasteiger partial charge >= 0.3 is 0 Å². The number of carbonyl (C=O) groups excluding carboxylic acids is 3. The van der Waals surface area contributed by atoms with Crippen LogP contribution in [0.2, 0.25) is 5.02 Å². The first-order valence-corrected chi connectivity index (χ1v) is 12.2. The first-order valence-electron chi connectivity index (χ1n) is 11.9. The first-order chi connectivity index (χ1) is 16.3. The van der Waals surface area contributed by atoms with Crippen molar-refractivity contribution >= 4 is 35.0 Å². The highest BCUT2D eigenvalue weighted by Crippen LogP contribution is 2.34. The monoisotopic (exact) mass is 487 g/mol. The lowest BCUT2D eigenvalue weighted by atomic mass is 9.89. The Bertz CT molecular complexity index is 1060. The van der Waals surface area contributed by atoms with Gasteiger partial charge < -0.3 is 20.5 Å². The predicted molar refractivity (Wildman–Crippen MR) is 126 cm³/mol. The third-order valence-corrected chi connectivity index (χ3v) is 6.56. The standard InChI is InChI=1S/C24H30ClN5O4/c1-15(31)29-24(12-4-2-3-5-13-24)23-28-21(34-30-23)11-10-20(32)26-17-8-9-18(19(25)14-17)22(33)27-16-6-7-16/h8-9,14,16H,2-7,10-13H2,1H3,(H,26,32)(H,27,33)(H,29,31). The molecule has 2 aliphatic rings. The summed E-state index contributed by atoms with van der Waals surface area (Å²) < 4.78 is 5.41. The summed E-state index contributed by atoms with van der Waals surface area (Å²) in [5.41, 5.74) is 0.278. The summed E-state index contributed by atoms with van der Waals surface area (Å²) in [6.45, 7) is 1.50. The van der Waals surface area contributed by atoms with Gasteiger partial charge in [-0.15, -0.1) is 0 Å². The van der Waals surface area contributed by atoms with Gasteiger partial charge in [0, 0.05) is 31.5 Å². The van der Waals surface area contributed by atoms with Gasteiger partial charge in [-0.3, -0.25) is 14.4 Å². The Morgan fingerprint density at radius 3 is 2.53 bits per heavy atom. The maximum atomic E-state index is 12.5. The molecule has 0 unspecified atom stereocenters. The van der Waals surface area contributed by atoms with E-state index in [-0.39, 0.29) is 41.6 Å². The van der Waals surface area contributed by atoms with Crippen LogP contribution in [0.3, 0.4) is 0 Å². The Hall–Kier alpha value is -2.94. The van der Waals surface area contributed by atoms with Crippen molar-refractivity contribution < 1.29 is 18.9 Å². The minimum atomic E-state index is -0.614. The Morgan fingerprint density at radius 1 is 1.15 bits per heavy atom. The first kappa shape index (κ1) is 24.2. The lowest BCUT2D eigenvalue weighted by Gasteiger charge is -2.30. The second-order valence-corrected chi connectivity index (χ2v) is 9.59. The summed E-state index contributed by atoms with van der Waals surface area (Å²) in [6, 6.07) is 5.06. The molecule has 3 N–H and O–H groups in total. The van der Waals surface area contributed by atoms with E-state index in [1.165, 1.54) is 6.92 Å². The summed E-state index contributed by atoms with van der Waals surface area (Å²) in [7, 11) is 0. The number of aryl methyl sites for hydroxylation is 1. The molecule has 0 saturated heterocycles. The Morgan fingerprint density at radius 2 is 1.88 bits per heavy atom. The normalized spacial score (nSPS) is 17.5. The molecule has 182 valence electrons. The summed E-state index contributed by atoms with van der Waals surface area (Å²) in [6.07, 6.45) is 8.11. The number of nitrogens with zero attached hydrogens (tertiary/aromatic N) is 2. The van der Waals surface area contributed by atoms with Crippen LogP contribution in [0.1, 0.15) is 86.8 Å². The summed E-state index contributed by atoms with van der Waals surface area (Å²) >= 11 is 6.25. The van der Waals surface area contributed by atoms with Gasteiger partial charge in [0.2, 0.25) is 17.7 Å². The number of benzene rings is 1. The van der Waals surface area contributed by atoms with E-state index >= 15 is 0 Å². The second-order valence-electron chi connectivity index (χ2n) is 9.18. The topological polar surface area (TPSA) is 126 Å². The number of amides is 3. The van der Waals surface area contributed by atoms with E-state index in [9.17, 15) is 14.4 Å². The molecule has 10 heteroatoms. The van der Waals surface area contributed by atoms with E-state index in [0.717, 1.165) is 51.4 Å². The minimum absolute atomic E-state index is 0.123. The molecular formula is C24H30ClN5O4. The van der Waals surface area contributed by atoms with Crippen LogP contribution in [-0.4, -0.2) is 33.9 Å². The van der Waals surface area contributed by atoms with Gasteiger partial charge in [0.25, 0.3) is 5.91 Å². The molecule has 9 nitrogen and oxygen atoms in total. The SMILES string of the molecule is CC(=O)NC1(c2noc(CCC(=O)Nc3ccc(C(=O)NC4CC4)c(Cl)c3)n2)CCCCCC1. The third kappa shape index (κ3) is 6.14. The van der Waals surface area contributed by atoms with Gasteiger partial charge in [0.05, 0.1) is 10.6 Å². The number of hydrogen-bond acceptors (Lipinski definition) is 6. The van der Waals surface area contributed by atoms with Crippen LogP contribution in [-0.2, 0) is 21.5 Å². The fourth-order valence-corrected chi connectivity index (χ4v) is 4.60. The van der Waals surface area contributed by atoms with Crippen molar-refractivity contribution in [2.75, 3.05) is 5.32 Å². The van der Waals surface area contributed by atoms with Crippen molar-refractivity contribution in [1.82, 2.24) is 20.8 Å². The van der Waals surface area contributed by atoms with Gasteiger partial charge in [-0.05, 0) is 43.9 Å². The number of hydrogen-bond donors (Lipinski definition) is 3. The quantitative estimate of drug-likeness (QED) is 0.485. The van der Waals surface area contributed by atoms with Crippen molar-refractivity contribution in [2.24, 2.45) is 0 Å². The van der Waals surface area contributed by atoms with Crippen molar-refractivity contribution in [2.45, 2.75) is 82.7 Å². The highest BCUT2D eigenvalue weighted by Gasteiger charge is 2.38. The zero-order valence-electron chi connectivity index (χ0n) is 19.3. The fourth-order valence-electron chi connectivity index (χ4n) is 4.34. The molecule has 0 bridgehead atoms. The maximum Gasteiger partial charge on any atom is 0.253 e. The molecule has 0 atom stereocenters.